The number of ether oxygens (including phenoxy) is 2. The number of carboxylic acid groups (broad SMARTS) is 1. The van der Waals surface area contributed by atoms with Crippen molar-refractivity contribution in [2.45, 2.75) is 44.2 Å². The quantitative estimate of drug-likeness (QED) is 0.414. The minimum absolute atomic E-state index is 0.0525. The average molecular weight is 421 g/mol. The van der Waals surface area contributed by atoms with Crippen molar-refractivity contribution in [1.82, 2.24) is 10.2 Å². The number of hydrogen-bond acceptors (Lipinski definition) is 6. The van der Waals surface area contributed by atoms with Crippen LogP contribution in [0.2, 0.25) is 0 Å². The molecule has 1 aromatic rings. The minimum Gasteiger partial charge on any atom is -0.493 e. The highest BCUT2D eigenvalue weighted by Crippen LogP contribution is 2.28. The Bertz CT molecular complexity index is 779. The van der Waals surface area contributed by atoms with Crippen molar-refractivity contribution in [3.05, 3.63) is 24.3 Å². The van der Waals surface area contributed by atoms with E-state index in [-0.39, 0.29) is 44.4 Å². The smallest absolute Gasteiger partial charge is 0.326 e. The molecule has 0 aliphatic heterocycles. The van der Waals surface area contributed by atoms with E-state index in [1.165, 1.54) is 7.11 Å². The van der Waals surface area contributed by atoms with Crippen molar-refractivity contribution in [3.8, 4) is 11.5 Å². The molecule has 1 aliphatic carbocycles. The molecule has 30 heavy (non-hydrogen) atoms. The molecule has 1 saturated carbocycles. The van der Waals surface area contributed by atoms with E-state index >= 15 is 0 Å². The third-order valence-electron chi connectivity index (χ3n) is 4.62. The van der Waals surface area contributed by atoms with Gasteiger partial charge in [-0.3, -0.25) is 14.4 Å². The SMILES string of the molecule is COc1ccccc1OCC(=O)N(CCC(=O)NC(CCC(N)=O)C(=O)O)C1CC1. The molecule has 1 aliphatic rings. The van der Waals surface area contributed by atoms with Crippen molar-refractivity contribution in [2.24, 2.45) is 5.73 Å². The highest BCUT2D eigenvalue weighted by Gasteiger charge is 2.33. The number of carbonyl (C=O) groups excluding carboxylic acids is 3. The highest BCUT2D eigenvalue weighted by molar-refractivity contribution is 5.85. The molecule has 1 aromatic carbocycles. The van der Waals surface area contributed by atoms with Crippen molar-refractivity contribution < 1.29 is 33.8 Å². The van der Waals surface area contributed by atoms with E-state index in [1.807, 2.05) is 0 Å². The number of aliphatic carboxylic acids is 1. The molecule has 1 fully saturated rings. The number of para-hydroxylation sites is 2. The number of rotatable bonds is 13. The predicted octanol–water partition coefficient (Wildman–Crippen LogP) is 0.290. The van der Waals surface area contributed by atoms with Crippen LogP contribution in [0.15, 0.2) is 24.3 Å². The molecular weight excluding hydrogens is 394 g/mol. The molecular formula is C20H27N3O7. The van der Waals surface area contributed by atoms with E-state index in [9.17, 15) is 19.2 Å². The van der Waals surface area contributed by atoms with Crippen molar-refractivity contribution in [3.63, 3.8) is 0 Å². The Kier molecular flexibility index (Phi) is 8.45. The molecule has 1 atom stereocenters. The van der Waals surface area contributed by atoms with Gasteiger partial charge in [-0.25, -0.2) is 4.79 Å². The van der Waals surface area contributed by atoms with Gasteiger partial charge in [0, 0.05) is 25.4 Å². The molecule has 0 saturated heterocycles. The number of carboxylic acids is 1. The lowest BCUT2D eigenvalue weighted by molar-refractivity contribution is -0.142. The molecule has 10 nitrogen and oxygen atoms in total. The molecule has 3 amide bonds. The predicted molar refractivity (Wildman–Crippen MR) is 106 cm³/mol. The Morgan fingerprint density at radius 1 is 1.20 bits per heavy atom. The number of nitrogens with two attached hydrogens (primary N) is 1. The molecule has 4 N–H and O–H groups in total. The van der Waals surface area contributed by atoms with Crippen LogP contribution in [0.5, 0.6) is 11.5 Å². The summed E-state index contributed by atoms with van der Waals surface area (Å²) in [5.41, 5.74) is 5.02. The van der Waals surface area contributed by atoms with Crippen LogP contribution in [0.1, 0.15) is 32.1 Å². The fraction of sp³-hybridized carbons (Fsp3) is 0.500. The van der Waals surface area contributed by atoms with Gasteiger partial charge in [0.05, 0.1) is 7.11 Å². The van der Waals surface area contributed by atoms with Gasteiger partial charge < -0.3 is 30.5 Å². The number of primary amides is 1. The number of benzene rings is 1. The zero-order valence-corrected chi connectivity index (χ0v) is 16.8. The topological polar surface area (TPSA) is 148 Å². The van der Waals surface area contributed by atoms with E-state index < -0.39 is 23.8 Å². The van der Waals surface area contributed by atoms with Gasteiger partial charge in [-0.05, 0) is 31.4 Å². The van der Waals surface area contributed by atoms with Gasteiger partial charge in [-0.15, -0.1) is 0 Å². The standard InChI is InChI=1S/C20H27N3O7/c1-29-15-4-2-3-5-16(15)30-12-19(26)23(13-6-7-13)11-10-18(25)22-14(20(27)28)8-9-17(21)24/h2-5,13-14H,6-12H2,1H3,(H2,21,24)(H,22,25)(H,27,28). The summed E-state index contributed by atoms with van der Waals surface area (Å²) in [7, 11) is 1.51. The first-order valence-electron chi connectivity index (χ1n) is 9.67. The Morgan fingerprint density at radius 3 is 2.43 bits per heavy atom. The maximum absolute atomic E-state index is 12.6. The van der Waals surface area contributed by atoms with Gasteiger partial charge in [0.15, 0.2) is 18.1 Å². The summed E-state index contributed by atoms with van der Waals surface area (Å²) in [5, 5.41) is 11.5. The van der Waals surface area contributed by atoms with Crippen LogP contribution in [0, 0.1) is 0 Å². The third kappa shape index (κ3) is 7.26. The lowest BCUT2D eigenvalue weighted by Crippen LogP contribution is -2.44. The first-order chi connectivity index (χ1) is 14.3. The fourth-order valence-corrected chi connectivity index (χ4v) is 2.89. The van der Waals surface area contributed by atoms with Crippen LogP contribution < -0.4 is 20.5 Å². The summed E-state index contributed by atoms with van der Waals surface area (Å²) in [6.45, 7) is -0.0539. The molecule has 0 aromatic heterocycles. The first kappa shape index (κ1) is 23.0. The second kappa shape index (κ2) is 11.0. The fourth-order valence-electron chi connectivity index (χ4n) is 2.89. The molecule has 164 valence electrons. The summed E-state index contributed by atoms with van der Waals surface area (Å²) in [6, 6.07) is 5.82. The van der Waals surface area contributed by atoms with E-state index in [0.717, 1.165) is 12.8 Å². The molecule has 0 bridgehead atoms. The number of hydrogen-bond donors (Lipinski definition) is 3. The van der Waals surface area contributed by atoms with E-state index in [2.05, 4.69) is 5.32 Å². The molecule has 0 heterocycles. The van der Waals surface area contributed by atoms with Crippen molar-refractivity contribution in [2.75, 3.05) is 20.3 Å². The second-order valence-corrected chi connectivity index (χ2v) is 6.97. The average Bonchev–Trinajstić information content (AvgIpc) is 3.54. The normalized spacial score (nSPS) is 13.8. The summed E-state index contributed by atoms with van der Waals surface area (Å²) >= 11 is 0. The van der Waals surface area contributed by atoms with Crippen LogP contribution in [0.4, 0.5) is 0 Å². The van der Waals surface area contributed by atoms with Gasteiger partial charge in [0.2, 0.25) is 11.8 Å². The lowest BCUT2D eigenvalue weighted by atomic mass is 10.1. The number of carbonyl (C=O) groups is 4. The first-order valence-corrected chi connectivity index (χ1v) is 9.67. The van der Waals surface area contributed by atoms with Crippen molar-refractivity contribution >= 4 is 23.7 Å². The van der Waals surface area contributed by atoms with Gasteiger partial charge in [-0.2, -0.15) is 0 Å². The molecule has 0 spiro atoms. The van der Waals surface area contributed by atoms with Gasteiger partial charge in [0.25, 0.3) is 5.91 Å². The summed E-state index contributed by atoms with van der Waals surface area (Å²) in [6.07, 6.45) is 1.40. The largest absolute Gasteiger partial charge is 0.493 e. The lowest BCUT2D eigenvalue weighted by Gasteiger charge is -2.23. The number of nitrogens with one attached hydrogen (secondary N) is 1. The Labute approximate surface area is 174 Å². The number of methoxy groups -OCH3 is 1. The van der Waals surface area contributed by atoms with Crippen LogP contribution in [0.3, 0.4) is 0 Å². The Balaban J connectivity index is 1.86. The molecule has 10 heteroatoms. The molecule has 0 radical (unpaired) electrons. The monoisotopic (exact) mass is 421 g/mol. The summed E-state index contributed by atoms with van der Waals surface area (Å²) in [5.74, 6) is -1.71. The molecule has 2 rings (SSSR count). The van der Waals surface area contributed by atoms with E-state index in [0.29, 0.717) is 11.5 Å². The van der Waals surface area contributed by atoms with Crippen LogP contribution >= 0.6 is 0 Å². The Hall–Kier alpha value is -3.30. The third-order valence-corrected chi connectivity index (χ3v) is 4.62. The van der Waals surface area contributed by atoms with Crippen LogP contribution in [0.25, 0.3) is 0 Å². The summed E-state index contributed by atoms with van der Waals surface area (Å²) < 4.78 is 10.8. The van der Waals surface area contributed by atoms with E-state index in [4.69, 9.17) is 20.3 Å². The maximum Gasteiger partial charge on any atom is 0.326 e. The van der Waals surface area contributed by atoms with Crippen LogP contribution in [-0.2, 0) is 19.2 Å². The van der Waals surface area contributed by atoms with E-state index in [1.54, 1.807) is 29.2 Å². The van der Waals surface area contributed by atoms with Gasteiger partial charge in [0.1, 0.15) is 6.04 Å². The zero-order chi connectivity index (χ0) is 22.1. The highest BCUT2D eigenvalue weighted by atomic mass is 16.5. The minimum atomic E-state index is -1.25. The summed E-state index contributed by atoms with van der Waals surface area (Å²) in [4.78, 5) is 48.4. The zero-order valence-electron chi connectivity index (χ0n) is 16.8. The van der Waals surface area contributed by atoms with Gasteiger partial charge in [-0.1, -0.05) is 12.1 Å². The Morgan fingerprint density at radius 2 is 1.87 bits per heavy atom. The number of amides is 3. The molecule has 1 unspecified atom stereocenters. The maximum atomic E-state index is 12.6. The second-order valence-electron chi connectivity index (χ2n) is 6.97. The number of nitrogens with zero attached hydrogens (tertiary/aromatic N) is 1. The van der Waals surface area contributed by atoms with Crippen molar-refractivity contribution in [1.29, 1.82) is 0 Å². The van der Waals surface area contributed by atoms with Crippen LogP contribution in [-0.4, -0.2) is 66.0 Å². The van der Waals surface area contributed by atoms with Gasteiger partial charge >= 0.3 is 5.97 Å².